The first-order valence-corrected chi connectivity index (χ1v) is 9.07. The van der Waals surface area contributed by atoms with E-state index in [1.165, 1.54) is 4.90 Å². The van der Waals surface area contributed by atoms with Crippen LogP contribution in [0.25, 0.3) is 0 Å². The zero-order chi connectivity index (χ0) is 20.4. The molecule has 0 heterocycles. The normalized spacial score (nSPS) is 12.2. The Kier molecular flexibility index (Phi) is 6.50. The van der Waals surface area contributed by atoms with Crippen molar-refractivity contribution in [2.45, 2.75) is 72.3 Å². The van der Waals surface area contributed by atoms with E-state index < -0.39 is 0 Å². The van der Waals surface area contributed by atoms with Crippen LogP contribution in [0.4, 0.5) is 0 Å². The maximum atomic E-state index is 12.9. The fraction of sp³-hybridized carbons (Fsp3) is 0.619. The summed E-state index contributed by atoms with van der Waals surface area (Å²) in [7, 11) is 1.61. The largest absolute Gasteiger partial charge is 0.507 e. The summed E-state index contributed by atoms with van der Waals surface area (Å²) < 4.78 is 0. The number of carbonyl (C=O) groups excluding carboxylic acids is 2. The zero-order valence-corrected chi connectivity index (χ0v) is 17.7. The lowest BCUT2D eigenvalue weighted by molar-refractivity contribution is -0.122. The third-order valence-corrected chi connectivity index (χ3v) is 4.15. The molecule has 1 aromatic rings. The number of carbonyl (C=O) groups is 2. The number of likely N-dealkylation sites (N-methyl/N-ethyl adjacent to an activating group) is 1. The number of rotatable bonds is 4. The molecule has 0 radical (unpaired) electrons. The fourth-order valence-corrected chi connectivity index (χ4v) is 2.78. The van der Waals surface area contributed by atoms with Gasteiger partial charge in [-0.3, -0.25) is 9.59 Å². The van der Waals surface area contributed by atoms with Gasteiger partial charge in [0.15, 0.2) is 0 Å². The van der Waals surface area contributed by atoms with Crippen molar-refractivity contribution in [1.29, 1.82) is 0 Å². The van der Waals surface area contributed by atoms with E-state index in [0.29, 0.717) is 5.56 Å². The van der Waals surface area contributed by atoms with Crippen LogP contribution in [0, 0.1) is 0 Å². The quantitative estimate of drug-likeness (QED) is 0.860. The SMILES string of the molecule is CC(C)NC(=O)CN(C)C(=O)c1cc(C(C)(C)C)c(O)c(C(C)(C)C)c1. The highest BCUT2D eigenvalue weighted by molar-refractivity contribution is 5.97. The highest BCUT2D eigenvalue weighted by Gasteiger charge is 2.28. The molecular weight excluding hydrogens is 328 g/mol. The molecule has 2 N–H and O–H groups in total. The predicted octanol–water partition coefficient (Wildman–Crippen LogP) is 3.58. The van der Waals surface area contributed by atoms with E-state index in [4.69, 9.17) is 0 Å². The lowest BCUT2D eigenvalue weighted by Crippen LogP contribution is -2.41. The topological polar surface area (TPSA) is 69.6 Å². The number of benzene rings is 1. The second-order valence-electron chi connectivity index (χ2n) is 9.30. The summed E-state index contributed by atoms with van der Waals surface area (Å²) in [5.41, 5.74) is 1.32. The molecule has 1 rings (SSSR count). The number of hydrogen-bond donors (Lipinski definition) is 2. The molecule has 0 aliphatic heterocycles. The molecule has 0 atom stereocenters. The summed E-state index contributed by atoms with van der Waals surface area (Å²) in [6.45, 7) is 15.8. The monoisotopic (exact) mass is 362 g/mol. The average molecular weight is 363 g/mol. The van der Waals surface area contributed by atoms with Crippen LogP contribution in [0.15, 0.2) is 12.1 Å². The van der Waals surface area contributed by atoms with Crippen molar-refractivity contribution in [3.8, 4) is 5.75 Å². The molecule has 0 aromatic heterocycles. The predicted molar refractivity (Wildman–Crippen MR) is 106 cm³/mol. The summed E-state index contributed by atoms with van der Waals surface area (Å²) >= 11 is 0. The number of nitrogens with one attached hydrogen (secondary N) is 1. The molecule has 0 spiro atoms. The summed E-state index contributed by atoms with van der Waals surface area (Å²) in [5.74, 6) is -0.191. The van der Waals surface area contributed by atoms with E-state index in [-0.39, 0.29) is 41.0 Å². The van der Waals surface area contributed by atoms with Gasteiger partial charge in [0.05, 0.1) is 6.54 Å². The maximum absolute atomic E-state index is 12.9. The van der Waals surface area contributed by atoms with Gasteiger partial charge >= 0.3 is 0 Å². The summed E-state index contributed by atoms with van der Waals surface area (Å²) in [6, 6.07) is 3.51. The Hall–Kier alpha value is -2.04. The second kappa shape index (κ2) is 7.68. The summed E-state index contributed by atoms with van der Waals surface area (Å²) in [6.07, 6.45) is 0. The van der Waals surface area contributed by atoms with Crippen LogP contribution in [-0.2, 0) is 15.6 Å². The highest BCUT2D eigenvalue weighted by atomic mass is 16.3. The van der Waals surface area contributed by atoms with Gasteiger partial charge in [-0.25, -0.2) is 0 Å². The summed E-state index contributed by atoms with van der Waals surface area (Å²) in [5, 5.41) is 13.5. The van der Waals surface area contributed by atoms with Gasteiger partial charge in [-0.1, -0.05) is 41.5 Å². The molecule has 0 aliphatic rings. The van der Waals surface area contributed by atoms with Crippen molar-refractivity contribution in [3.05, 3.63) is 28.8 Å². The van der Waals surface area contributed by atoms with E-state index >= 15 is 0 Å². The van der Waals surface area contributed by atoms with Gasteiger partial charge < -0.3 is 15.3 Å². The van der Waals surface area contributed by atoms with Crippen LogP contribution < -0.4 is 5.32 Å². The molecule has 1 aromatic carbocycles. The minimum Gasteiger partial charge on any atom is -0.507 e. The van der Waals surface area contributed by atoms with Gasteiger partial charge in [0.2, 0.25) is 5.91 Å². The first-order chi connectivity index (χ1) is 11.6. The lowest BCUT2D eigenvalue weighted by Gasteiger charge is -2.28. The van der Waals surface area contributed by atoms with Crippen LogP contribution in [0.5, 0.6) is 5.75 Å². The number of phenolic OH excluding ortho intramolecular Hbond substituents is 1. The minimum atomic E-state index is -0.312. The molecule has 0 bridgehead atoms. The lowest BCUT2D eigenvalue weighted by atomic mass is 9.78. The Bertz CT molecular complexity index is 644. The van der Waals surface area contributed by atoms with Crippen LogP contribution in [0.3, 0.4) is 0 Å². The van der Waals surface area contributed by atoms with Crippen LogP contribution in [-0.4, -0.2) is 41.5 Å². The van der Waals surface area contributed by atoms with Gasteiger partial charge in [0.25, 0.3) is 5.91 Å². The van der Waals surface area contributed by atoms with Gasteiger partial charge in [0.1, 0.15) is 5.75 Å². The van der Waals surface area contributed by atoms with E-state index in [1.807, 2.05) is 55.4 Å². The fourth-order valence-electron chi connectivity index (χ4n) is 2.78. The Labute approximate surface area is 157 Å². The van der Waals surface area contributed by atoms with Gasteiger partial charge in [0, 0.05) is 29.8 Å². The van der Waals surface area contributed by atoms with Crippen LogP contribution >= 0.6 is 0 Å². The second-order valence-corrected chi connectivity index (χ2v) is 9.30. The Morgan fingerprint density at radius 1 is 1.04 bits per heavy atom. The third-order valence-electron chi connectivity index (χ3n) is 4.15. The number of phenols is 1. The van der Waals surface area contributed by atoms with Crippen molar-refractivity contribution in [2.24, 2.45) is 0 Å². The maximum Gasteiger partial charge on any atom is 0.254 e. The molecule has 0 unspecified atom stereocenters. The third kappa shape index (κ3) is 5.48. The number of amides is 2. The zero-order valence-electron chi connectivity index (χ0n) is 17.7. The summed E-state index contributed by atoms with van der Waals surface area (Å²) in [4.78, 5) is 26.3. The van der Waals surface area contributed by atoms with Gasteiger partial charge in [-0.05, 0) is 36.8 Å². The van der Waals surface area contributed by atoms with Gasteiger partial charge in [-0.15, -0.1) is 0 Å². The number of hydrogen-bond acceptors (Lipinski definition) is 3. The molecular formula is C21H34N2O3. The molecule has 5 nitrogen and oxygen atoms in total. The van der Waals surface area contributed by atoms with E-state index in [9.17, 15) is 14.7 Å². The molecule has 0 saturated carbocycles. The molecule has 0 aliphatic carbocycles. The molecule has 146 valence electrons. The Balaban J connectivity index is 3.31. The number of nitrogens with zero attached hydrogens (tertiary/aromatic N) is 1. The Morgan fingerprint density at radius 3 is 1.81 bits per heavy atom. The van der Waals surface area contributed by atoms with Gasteiger partial charge in [-0.2, -0.15) is 0 Å². The first kappa shape index (κ1) is 22.0. The smallest absolute Gasteiger partial charge is 0.254 e. The highest BCUT2D eigenvalue weighted by Crippen LogP contribution is 2.39. The molecule has 0 fully saturated rings. The van der Waals surface area contributed by atoms with E-state index in [1.54, 1.807) is 19.2 Å². The average Bonchev–Trinajstić information content (AvgIpc) is 2.43. The Morgan fingerprint density at radius 2 is 1.46 bits per heavy atom. The molecule has 2 amide bonds. The molecule has 26 heavy (non-hydrogen) atoms. The van der Waals surface area contributed by atoms with Crippen molar-refractivity contribution < 1.29 is 14.7 Å². The van der Waals surface area contributed by atoms with E-state index in [0.717, 1.165) is 11.1 Å². The number of aromatic hydroxyl groups is 1. The minimum absolute atomic E-state index is 0.00636. The molecule has 5 heteroatoms. The standard InChI is InChI=1S/C21H34N2O3/c1-13(2)22-17(24)12-23(9)19(26)14-10-15(20(3,4)5)18(25)16(11-14)21(6,7)8/h10-11,13,25H,12H2,1-9H3,(H,22,24). The van der Waals surface area contributed by atoms with Crippen molar-refractivity contribution in [2.75, 3.05) is 13.6 Å². The van der Waals surface area contributed by atoms with E-state index in [2.05, 4.69) is 5.32 Å². The van der Waals surface area contributed by atoms with Crippen molar-refractivity contribution in [1.82, 2.24) is 10.2 Å². The van der Waals surface area contributed by atoms with Crippen molar-refractivity contribution >= 4 is 11.8 Å². The van der Waals surface area contributed by atoms with Crippen LogP contribution in [0.1, 0.15) is 76.9 Å². The first-order valence-electron chi connectivity index (χ1n) is 9.07. The van der Waals surface area contributed by atoms with Crippen molar-refractivity contribution in [3.63, 3.8) is 0 Å². The van der Waals surface area contributed by atoms with Crippen LogP contribution in [0.2, 0.25) is 0 Å². The molecule has 0 saturated heterocycles.